The third kappa shape index (κ3) is 5.85. The number of nitrogens with one attached hydrogen (secondary N) is 1. The maximum absolute atomic E-state index is 15.0. The zero-order chi connectivity index (χ0) is 28.4. The molecule has 0 saturated heterocycles. The van der Waals surface area contributed by atoms with Crippen LogP contribution in [0.15, 0.2) is 55.0 Å². The third-order valence-corrected chi connectivity index (χ3v) is 7.36. The van der Waals surface area contributed by atoms with Gasteiger partial charge < -0.3 is 18.9 Å². The topological polar surface area (TPSA) is 105 Å². The fourth-order valence-corrected chi connectivity index (χ4v) is 5.13. The predicted molar refractivity (Wildman–Crippen MR) is 152 cm³/mol. The maximum Gasteiger partial charge on any atom is 0.412 e. The average molecular weight is 583 g/mol. The number of amides is 1. The molecule has 0 bridgehead atoms. The van der Waals surface area contributed by atoms with E-state index in [0.717, 1.165) is 10.9 Å². The SMILES string of the molecule is COc1cncc(NC(=O)O[C@H](C)[C@H](C)Oc2cc3sc(-c4cc(Cl)cc5cc(OC)cnc45)nc3cc2F)c1. The van der Waals surface area contributed by atoms with E-state index in [1.807, 2.05) is 6.07 Å². The lowest BCUT2D eigenvalue weighted by atomic mass is 10.1. The van der Waals surface area contributed by atoms with Gasteiger partial charge in [-0.15, -0.1) is 11.3 Å². The summed E-state index contributed by atoms with van der Waals surface area (Å²) < 4.78 is 37.4. The quantitative estimate of drug-likeness (QED) is 0.206. The minimum absolute atomic E-state index is 0.0156. The van der Waals surface area contributed by atoms with Crippen LogP contribution in [-0.4, -0.2) is 47.5 Å². The molecule has 9 nitrogen and oxygen atoms in total. The van der Waals surface area contributed by atoms with Gasteiger partial charge in [-0.25, -0.2) is 14.2 Å². The van der Waals surface area contributed by atoms with Crippen LogP contribution in [0.4, 0.5) is 14.9 Å². The summed E-state index contributed by atoms with van der Waals surface area (Å²) in [6, 6.07) is 9.92. The summed E-state index contributed by atoms with van der Waals surface area (Å²) >= 11 is 7.74. The summed E-state index contributed by atoms with van der Waals surface area (Å²) in [5, 5.41) is 4.52. The summed E-state index contributed by atoms with van der Waals surface area (Å²) in [6.07, 6.45) is 2.52. The van der Waals surface area contributed by atoms with E-state index in [1.54, 1.807) is 51.4 Å². The molecule has 3 heterocycles. The number of carbonyl (C=O) groups is 1. The van der Waals surface area contributed by atoms with Gasteiger partial charge >= 0.3 is 6.09 Å². The van der Waals surface area contributed by atoms with Crippen LogP contribution in [0.2, 0.25) is 5.02 Å². The predicted octanol–water partition coefficient (Wildman–Crippen LogP) is 7.12. The molecule has 0 aliphatic heterocycles. The molecule has 2 aromatic carbocycles. The molecule has 2 atom stereocenters. The van der Waals surface area contributed by atoms with Crippen LogP contribution in [0.1, 0.15) is 13.8 Å². The van der Waals surface area contributed by atoms with E-state index in [0.29, 0.717) is 42.9 Å². The lowest BCUT2D eigenvalue weighted by Gasteiger charge is -2.22. The highest BCUT2D eigenvalue weighted by Crippen LogP contribution is 2.38. The Morgan fingerprint density at radius 1 is 1.00 bits per heavy atom. The number of rotatable bonds is 8. The molecule has 12 heteroatoms. The van der Waals surface area contributed by atoms with Crippen LogP contribution >= 0.6 is 22.9 Å². The molecule has 0 fully saturated rings. The normalized spacial score (nSPS) is 12.7. The molecule has 0 unspecified atom stereocenters. The molecule has 1 amide bonds. The Hall–Kier alpha value is -4.22. The maximum atomic E-state index is 15.0. The van der Waals surface area contributed by atoms with Gasteiger partial charge in [0.25, 0.3) is 0 Å². The summed E-state index contributed by atoms with van der Waals surface area (Å²) in [7, 11) is 3.07. The molecule has 3 aromatic heterocycles. The number of carbonyl (C=O) groups excluding carboxylic acids is 1. The van der Waals surface area contributed by atoms with E-state index in [-0.39, 0.29) is 5.75 Å². The Balaban J connectivity index is 1.33. The fourth-order valence-electron chi connectivity index (χ4n) is 3.91. The van der Waals surface area contributed by atoms with Gasteiger partial charge in [-0.3, -0.25) is 15.3 Å². The van der Waals surface area contributed by atoms with Crippen LogP contribution in [0.5, 0.6) is 17.2 Å². The number of nitrogens with zero attached hydrogens (tertiary/aromatic N) is 3. The van der Waals surface area contributed by atoms with E-state index in [1.165, 1.54) is 36.9 Å². The van der Waals surface area contributed by atoms with Crippen molar-refractivity contribution in [1.29, 1.82) is 0 Å². The summed E-state index contributed by atoms with van der Waals surface area (Å²) in [4.78, 5) is 25.5. The van der Waals surface area contributed by atoms with E-state index in [9.17, 15) is 4.79 Å². The Kier molecular flexibility index (Phi) is 7.85. The lowest BCUT2D eigenvalue weighted by Crippen LogP contribution is -2.32. The van der Waals surface area contributed by atoms with Crippen molar-refractivity contribution < 1.29 is 28.1 Å². The molecule has 1 N–H and O–H groups in total. The molecule has 0 saturated carbocycles. The molecule has 5 aromatic rings. The minimum atomic E-state index is -0.707. The largest absolute Gasteiger partial charge is 0.495 e. The van der Waals surface area contributed by atoms with Crippen LogP contribution < -0.4 is 19.5 Å². The number of ether oxygens (including phenoxy) is 4. The highest BCUT2D eigenvalue weighted by molar-refractivity contribution is 7.21. The Morgan fingerprint density at radius 2 is 1.77 bits per heavy atom. The summed E-state index contributed by atoms with van der Waals surface area (Å²) in [5.41, 5.74) is 2.30. The Labute approximate surface area is 237 Å². The van der Waals surface area contributed by atoms with Crippen molar-refractivity contribution in [3.63, 3.8) is 0 Å². The second-order valence-electron chi connectivity index (χ2n) is 8.84. The molecule has 0 aliphatic carbocycles. The molecular weight excluding hydrogens is 559 g/mol. The Morgan fingerprint density at radius 3 is 2.55 bits per heavy atom. The van der Waals surface area contributed by atoms with Gasteiger partial charge in [0.1, 0.15) is 28.7 Å². The number of hydrogen-bond donors (Lipinski definition) is 1. The smallest absolute Gasteiger partial charge is 0.412 e. The average Bonchev–Trinajstić information content (AvgIpc) is 3.34. The highest BCUT2D eigenvalue weighted by Gasteiger charge is 2.22. The first-order valence-electron chi connectivity index (χ1n) is 12.1. The molecular formula is C28H24ClFN4O5S. The fraction of sp³-hybridized carbons (Fsp3) is 0.214. The van der Waals surface area contributed by atoms with Crippen LogP contribution in [0.3, 0.4) is 0 Å². The van der Waals surface area contributed by atoms with Crippen LogP contribution in [-0.2, 0) is 4.74 Å². The van der Waals surface area contributed by atoms with Gasteiger partial charge in [-0.1, -0.05) is 11.6 Å². The van der Waals surface area contributed by atoms with Crippen molar-refractivity contribution in [2.24, 2.45) is 0 Å². The van der Waals surface area contributed by atoms with Crippen molar-refractivity contribution >= 4 is 55.8 Å². The van der Waals surface area contributed by atoms with Gasteiger partial charge in [0.15, 0.2) is 11.6 Å². The van der Waals surface area contributed by atoms with Crippen molar-refractivity contribution in [2.45, 2.75) is 26.1 Å². The summed E-state index contributed by atoms with van der Waals surface area (Å²) in [5.74, 6) is 0.520. The molecule has 40 heavy (non-hydrogen) atoms. The second kappa shape index (κ2) is 11.5. The van der Waals surface area contributed by atoms with Gasteiger partial charge in [0.2, 0.25) is 0 Å². The van der Waals surface area contributed by atoms with Gasteiger partial charge in [-0.05, 0) is 32.0 Å². The van der Waals surface area contributed by atoms with Gasteiger partial charge in [-0.2, -0.15) is 0 Å². The molecule has 0 spiro atoms. The number of aromatic nitrogens is 3. The number of hydrogen-bond acceptors (Lipinski definition) is 9. The van der Waals surface area contributed by atoms with Crippen molar-refractivity contribution in [2.75, 3.05) is 19.5 Å². The Bertz CT molecular complexity index is 1720. The summed E-state index contributed by atoms with van der Waals surface area (Å²) in [6.45, 7) is 3.34. The number of benzene rings is 2. The first-order chi connectivity index (χ1) is 19.2. The lowest BCUT2D eigenvalue weighted by molar-refractivity contribution is 0.0402. The monoisotopic (exact) mass is 582 g/mol. The van der Waals surface area contributed by atoms with Gasteiger partial charge in [0.05, 0.1) is 54.2 Å². The van der Waals surface area contributed by atoms with E-state index in [4.69, 9.17) is 30.5 Å². The number of pyridine rings is 2. The zero-order valence-corrected chi connectivity index (χ0v) is 23.5. The third-order valence-electron chi connectivity index (χ3n) is 6.09. The minimum Gasteiger partial charge on any atom is -0.495 e. The van der Waals surface area contributed by atoms with E-state index in [2.05, 4.69) is 20.3 Å². The van der Waals surface area contributed by atoms with Crippen molar-refractivity contribution in [3.05, 3.63) is 65.8 Å². The number of anilines is 1. The highest BCUT2D eigenvalue weighted by atomic mass is 35.5. The second-order valence-corrected chi connectivity index (χ2v) is 10.3. The number of fused-ring (bicyclic) bond motifs is 2. The number of halogens is 2. The van der Waals surface area contributed by atoms with Crippen LogP contribution in [0, 0.1) is 5.82 Å². The molecule has 0 aliphatic rings. The first-order valence-corrected chi connectivity index (χ1v) is 13.3. The first kappa shape index (κ1) is 27.4. The van der Waals surface area contributed by atoms with E-state index < -0.39 is 24.1 Å². The van der Waals surface area contributed by atoms with Crippen LogP contribution in [0.25, 0.3) is 31.7 Å². The molecule has 206 valence electrons. The number of thiazole rings is 1. The standard InChI is InChI=1S/C28H24ClFN4O5S/c1-14(15(2)39-28(35)33-18-8-20(37-4)12-31-11-18)38-24-10-25-23(9-22(24)30)34-27(40-25)21-7-17(29)5-16-6-19(36-3)13-32-26(16)21/h5-15H,1-4H3,(H,33,35)/t14-,15+/m0/s1. The number of methoxy groups -OCH3 is 2. The molecule has 5 rings (SSSR count). The van der Waals surface area contributed by atoms with Crippen molar-refractivity contribution in [3.8, 4) is 27.8 Å². The zero-order valence-electron chi connectivity index (χ0n) is 21.9. The molecule has 0 radical (unpaired) electrons. The van der Waals surface area contributed by atoms with Crippen molar-refractivity contribution in [1.82, 2.24) is 15.0 Å². The van der Waals surface area contributed by atoms with Gasteiger partial charge in [0, 0.05) is 34.2 Å². The van der Waals surface area contributed by atoms with E-state index >= 15 is 4.39 Å².